The number of aromatic nitrogens is 1. The molecule has 1 aromatic heterocycles. The number of benzene rings is 1. The Labute approximate surface area is 156 Å². The number of hydrogen-bond acceptors (Lipinski definition) is 6. The zero-order valence-electron chi connectivity index (χ0n) is 14.8. The minimum Gasteiger partial charge on any atom is -0.465 e. The fourth-order valence-corrected chi connectivity index (χ4v) is 2.80. The van der Waals surface area contributed by atoms with E-state index < -0.39 is 18.0 Å². The Bertz CT molecular complexity index is 840. The van der Waals surface area contributed by atoms with Gasteiger partial charge in [-0.3, -0.25) is 9.78 Å². The third-order valence-corrected chi connectivity index (χ3v) is 4.14. The van der Waals surface area contributed by atoms with Gasteiger partial charge in [0.05, 0.1) is 18.2 Å². The average molecular weight is 369 g/mol. The van der Waals surface area contributed by atoms with Gasteiger partial charge in [0.25, 0.3) is 5.91 Å². The van der Waals surface area contributed by atoms with Crippen LogP contribution in [0.4, 0.5) is 4.79 Å². The highest BCUT2D eigenvalue weighted by Crippen LogP contribution is 2.19. The molecule has 2 aromatic rings. The second-order valence-corrected chi connectivity index (χ2v) is 5.86. The van der Waals surface area contributed by atoms with Gasteiger partial charge in [0, 0.05) is 25.5 Å². The smallest absolute Gasteiger partial charge is 0.429 e. The van der Waals surface area contributed by atoms with Gasteiger partial charge in [-0.25, -0.2) is 19.6 Å². The molecule has 0 radical (unpaired) electrons. The molecule has 0 N–H and O–H groups in total. The Morgan fingerprint density at radius 3 is 2.52 bits per heavy atom. The van der Waals surface area contributed by atoms with Crippen LogP contribution in [0.15, 0.2) is 48.8 Å². The molecule has 1 aromatic carbocycles. The number of ether oxygens (including phenoxy) is 2. The summed E-state index contributed by atoms with van der Waals surface area (Å²) in [7, 11) is 1.24. The highest BCUT2D eigenvalue weighted by atomic mass is 16.6. The maximum absolute atomic E-state index is 12.9. The summed E-state index contributed by atoms with van der Waals surface area (Å²) in [5.41, 5.74) is 1.03. The summed E-state index contributed by atoms with van der Waals surface area (Å²) in [5.74, 6) is -1.14. The van der Waals surface area contributed by atoms with Crippen LogP contribution in [-0.2, 0) is 16.1 Å². The number of carbonyl (C=O) groups excluding carboxylic acids is 3. The fraction of sp³-hybridized carbons (Fsp3) is 0.263. The Hall–Kier alpha value is -3.42. The van der Waals surface area contributed by atoms with E-state index in [1.807, 2.05) is 30.3 Å². The zero-order valence-corrected chi connectivity index (χ0v) is 14.8. The van der Waals surface area contributed by atoms with Crippen molar-refractivity contribution in [2.45, 2.75) is 13.0 Å². The first kappa shape index (κ1) is 18.4. The van der Waals surface area contributed by atoms with Crippen LogP contribution in [0.5, 0.6) is 0 Å². The Balaban J connectivity index is 1.73. The van der Waals surface area contributed by atoms with Crippen molar-refractivity contribution in [1.82, 2.24) is 15.0 Å². The van der Waals surface area contributed by atoms with E-state index in [0.29, 0.717) is 19.5 Å². The van der Waals surface area contributed by atoms with Crippen molar-refractivity contribution < 1.29 is 23.9 Å². The molecule has 27 heavy (non-hydrogen) atoms. The molecule has 2 amide bonds. The molecule has 2 heterocycles. The van der Waals surface area contributed by atoms with E-state index in [0.717, 1.165) is 5.56 Å². The topological polar surface area (TPSA) is 89.0 Å². The van der Waals surface area contributed by atoms with Crippen LogP contribution in [0.3, 0.4) is 0 Å². The van der Waals surface area contributed by atoms with Crippen molar-refractivity contribution in [3.63, 3.8) is 0 Å². The lowest BCUT2D eigenvalue weighted by Crippen LogP contribution is -2.45. The predicted octanol–water partition coefficient (Wildman–Crippen LogP) is 2.27. The van der Waals surface area contributed by atoms with Crippen molar-refractivity contribution in [3.8, 4) is 0 Å². The maximum atomic E-state index is 12.9. The Morgan fingerprint density at radius 1 is 1.04 bits per heavy atom. The number of nitrogens with zero attached hydrogens (tertiary/aromatic N) is 3. The van der Waals surface area contributed by atoms with Gasteiger partial charge >= 0.3 is 12.1 Å². The van der Waals surface area contributed by atoms with Crippen LogP contribution in [0.1, 0.15) is 32.7 Å². The van der Waals surface area contributed by atoms with E-state index in [4.69, 9.17) is 9.47 Å². The number of pyridine rings is 1. The zero-order chi connectivity index (χ0) is 19.2. The molecular formula is C19H19N3O5. The minimum atomic E-state index is -0.641. The van der Waals surface area contributed by atoms with Crippen LogP contribution in [0, 0.1) is 0 Å². The third-order valence-electron chi connectivity index (χ3n) is 4.14. The highest BCUT2D eigenvalue weighted by molar-refractivity contribution is 6.05. The van der Waals surface area contributed by atoms with Gasteiger partial charge in [-0.05, 0) is 18.1 Å². The first-order valence-electron chi connectivity index (χ1n) is 8.44. The molecule has 0 bridgehead atoms. The molecule has 0 unspecified atom stereocenters. The summed E-state index contributed by atoms with van der Waals surface area (Å²) in [6.07, 6.45) is 2.69. The molecule has 0 saturated carbocycles. The van der Waals surface area contributed by atoms with E-state index >= 15 is 0 Å². The van der Waals surface area contributed by atoms with Gasteiger partial charge in [0.2, 0.25) is 0 Å². The number of esters is 1. The number of hydrogen-bond donors (Lipinski definition) is 0. The van der Waals surface area contributed by atoms with Gasteiger partial charge in [-0.1, -0.05) is 30.3 Å². The lowest BCUT2D eigenvalue weighted by molar-refractivity contribution is 0.0109. The van der Waals surface area contributed by atoms with Crippen LogP contribution >= 0.6 is 0 Å². The first-order chi connectivity index (χ1) is 13.1. The van der Waals surface area contributed by atoms with E-state index in [1.54, 1.807) is 0 Å². The first-order valence-corrected chi connectivity index (χ1v) is 8.44. The number of carbonyl (C=O) groups is 3. The number of rotatable bonds is 4. The average Bonchev–Trinajstić information content (AvgIpc) is 3.21. The second kappa shape index (κ2) is 8.31. The molecule has 1 saturated heterocycles. The van der Waals surface area contributed by atoms with E-state index in [-0.39, 0.29) is 17.7 Å². The molecule has 8 heteroatoms. The molecule has 0 atom stereocenters. The monoisotopic (exact) mass is 369 g/mol. The lowest BCUT2D eigenvalue weighted by Gasteiger charge is -2.27. The molecule has 0 aliphatic carbocycles. The number of methoxy groups -OCH3 is 1. The molecule has 1 aliphatic rings. The second-order valence-electron chi connectivity index (χ2n) is 5.86. The van der Waals surface area contributed by atoms with Crippen LogP contribution in [0.25, 0.3) is 0 Å². The summed E-state index contributed by atoms with van der Waals surface area (Å²) >= 11 is 0. The quantitative estimate of drug-likeness (QED) is 0.768. The summed E-state index contributed by atoms with van der Waals surface area (Å²) in [6, 6.07) is 10.7. The van der Waals surface area contributed by atoms with E-state index in [9.17, 15) is 14.4 Å². The summed E-state index contributed by atoms with van der Waals surface area (Å²) < 4.78 is 10.0. The largest absolute Gasteiger partial charge is 0.465 e. The maximum Gasteiger partial charge on any atom is 0.429 e. The van der Waals surface area contributed by atoms with Crippen molar-refractivity contribution >= 4 is 18.0 Å². The molecule has 0 spiro atoms. The number of hydrazine groups is 1. The summed E-state index contributed by atoms with van der Waals surface area (Å²) in [5, 5.41) is 2.52. The van der Waals surface area contributed by atoms with Crippen molar-refractivity contribution in [2.24, 2.45) is 0 Å². The molecule has 3 rings (SSSR count). The van der Waals surface area contributed by atoms with E-state index in [2.05, 4.69) is 4.98 Å². The van der Waals surface area contributed by atoms with Gasteiger partial charge in [-0.2, -0.15) is 0 Å². The molecule has 140 valence electrons. The van der Waals surface area contributed by atoms with Gasteiger partial charge in [0.15, 0.2) is 0 Å². The standard InChI is InChI=1S/C19H19N3O5/c1-26-18(24)15-8-9-20-12-16(15)17(23)21-10-5-11-22(21)19(25)27-13-14-6-3-2-4-7-14/h2-4,6-9,12H,5,10-11,13H2,1H3. The molecular weight excluding hydrogens is 350 g/mol. The van der Waals surface area contributed by atoms with Crippen LogP contribution in [0.2, 0.25) is 0 Å². The van der Waals surface area contributed by atoms with Gasteiger partial charge < -0.3 is 9.47 Å². The summed E-state index contributed by atoms with van der Waals surface area (Å²) in [4.78, 5) is 41.2. The molecule has 1 fully saturated rings. The SMILES string of the molecule is COC(=O)c1ccncc1C(=O)N1CCCN1C(=O)OCc1ccccc1. The van der Waals surface area contributed by atoms with Gasteiger partial charge in [0.1, 0.15) is 6.61 Å². The molecule has 8 nitrogen and oxygen atoms in total. The van der Waals surface area contributed by atoms with Crippen LogP contribution < -0.4 is 0 Å². The summed E-state index contributed by atoms with van der Waals surface area (Å²) in [6.45, 7) is 0.806. The minimum absolute atomic E-state index is 0.0760. The fourth-order valence-electron chi connectivity index (χ4n) is 2.80. The highest BCUT2D eigenvalue weighted by Gasteiger charge is 2.34. The van der Waals surface area contributed by atoms with Gasteiger partial charge in [-0.15, -0.1) is 0 Å². The Morgan fingerprint density at radius 2 is 1.78 bits per heavy atom. The predicted molar refractivity (Wildman–Crippen MR) is 94.6 cm³/mol. The van der Waals surface area contributed by atoms with Crippen molar-refractivity contribution in [1.29, 1.82) is 0 Å². The lowest BCUT2D eigenvalue weighted by atomic mass is 10.1. The van der Waals surface area contributed by atoms with Crippen molar-refractivity contribution in [2.75, 3.05) is 20.2 Å². The molecule has 1 aliphatic heterocycles. The van der Waals surface area contributed by atoms with E-state index in [1.165, 1.54) is 35.6 Å². The number of amides is 2. The third kappa shape index (κ3) is 4.05. The van der Waals surface area contributed by atoms with Crippen molar-refractivity contribution in [3.05, 3.63) is 65.5 Å². The normalized spacial score (nSPS) is 13.4. The van der Waals surface area contributed by atoms with Crippen LogP contribution in [-0.4, -0.2) is 53.2 Å². The Kier molecular flexibility index (Phi) is 5.65.